The van der Waals surface area contributed by atoms with Crippen LogP contribution in [0.1, 0.15) is 42.4 Å². The lowest BCUT2D eigenvalue weighted by Gasteiger charge is -2.07. The van der Waals surface area contributed by atoms with Crippen molar-refractivity contribution >= 4 is 6.08 Å². The van der Waals surface area contributed by atoms with Crippen molar-refractivity contribution in [3.8, 4) is 0 Å². The van der Waals surface area contributed by atoms with Gasteiger partial charge < -0.3 is 0 Å². The van der Waals surface area contributed by atoms with Gasteiger partial charge in [0.05, 0.1) is 0 Å². The van der Waals surface area contributed by atoms with Gasteiger partial charge in [-0.3, -0.25) is 0 Å². The second-order valence-electron chi connectivity index (χ2n) is 3.79. The van der Waals surface area contributed by atoms with Crippen LogP contribution in [0.5, 0.6) is 0 Å². The van der Waals surface area contributed by atoms with Crippen molar-refractivity contribution in [3.05, 3.63) is 41.5 Å². The zero-order valence-electron chi connectivity index (χ0n) is 8.22. The molecule has 0 nitrogen and oxygen atoms in total. The first kappa shape index (κ1) is 8.55. The van der Waals surface area contributed by atoms with Crippen LogP contribution in [-0.4, -0.2) is 0 Å². The predicted octanol–water partition coefficient (Wildman–Crippen LogP) is 3.77. The number of rotatable bonds is 3. The first-order valence-electron chi connectivity index (χ1n) is 5.10. The second kappa shape index (κ2) is 3.37. The number of hydrogen-bond acceptors (Lipinski definition) is 0. The Hall–Kier alpha value is -1.04. The van der Waals surface area contributed by atoms with Gasteiger partial charge in [0, 0.05) is 0 Å². The Morgan fingerprint density at radius 3 is 2.77 bits per heavy atom. The van der Waals surface area contributed by atoms with Crippen LogP contribution in [0, 0.1) is 0 Å². The summed E-state index contributed by atoms with van der Waals surface area (Å²) < 4.78 is 0. The lowest BCUT2D eigenvalue weighted by atomic mass is 9.98. The lowest BCUT2D eigenvalue weighted by molar-refractivity contribution is 1.03. The van der Waals surface area contributed by atoms with Crippen molar-refractivity contribution in [1.82, 2.24) is 0 Å². The van der Waals surface area contributed by atoms with Crippen LogP contribution >= 0.6 is 0 Å². The molecule has 0 aliphatic heterocycles. The molecule has 68 valence electrons. The van der Waals surface area contributed by atoms with Crippen molar-refractivity contribution in [2.24, 2.45) is 0 Å². The molecule has 0 spiro atoms. The van der Waals surface area contributed by atoms with Crippen LogP contribution in [-0.2, 0) is 6.42 Å². The molecule has 0 radical (unpaired) electrons. The van der Waals surface area contributed by atoms with Crippen molar-refractivity contribution in [2.45, 2.75) is 32.1 Å². The fourth-order valence-electron chi connectivity index (χ4n) is 1.84. The summed E-state index contributed by atoms with van der Waals surface area (Å²) in [5.74, 6) is 0.856. The van der Waals surface area contributed by atoms with Crippen LogP contribution in [0.15, 0.2) is 24.8 Å². The molecule has 0 aromatic heterocycles. The summed E-state index contributed by atoms with van der Waals surface area (Å²) in [6, 6.07) is 6.73. The van der Waals surface area contributed by atoms with Crippen molar-refractivity contribution in [2.75, 3.05) is 0 Å². The zero-order chi connectivity index (χ0) is 9.26. The summed E-state index contributed by atoms with van der Waals surface area (Å²) in [5.41, 5.74) is 4.35. The van der Waals surface area contributed by atoms with Gasteiger partial charge in [-0.25, -0.2) is 0 Å². The minimum Gasteiger partial charge on any atom is -0.0985 e. The highest BCUT2D eigenvalue weighted by Gasteiger charge is 2.25. The van der Waals surface area contributed by atoms with E-state index < -0.39 is 0 Å². The van der Waals surface area contributed by atoms with Crippen LogP contribution in [0.4, 0.5) is 0 Å². The van der Waals surface area contributed by atoms with E-state index in [0.29, 0.717) is 0 Å². The largest absolute Gasteiger partial charge is 0.0985 e. The minimum absolute atomic E-state index is 0.856. The van der Waals surface area contributed by atoms with Gasteiger partial charge >= 0.3 is 0 Å². The summed E-state index contributed by atoms with van der Waals surface area (Å²) in [5, 5.41) is 0. The summed E-state index contributed by atoms with van der Waals surface area (Å²) in [6.45, 7) is 6.04. The lowest BCUT2D eigenvalue weighted by Crippen LogP contribution is -1.90. The molecule has 13 heavy (non-hydrogen) atoms. The van der Waals surface area contributed by atoms with E-state index in [4.69, 9.17) is 0 Å². The minimum atomic E-state index is 0.856. The molecule has 0 amide bonds. The second-order valence-corrected chi connectivity index (χ2v) is 3.79. The summed E-state index contributed by atoms with van der Waals surface area (Å²) >= 11 is 0. The van der Waals surface area contributed by atoms with E-state index in [9.17, 15) is 0 Å². The molecular weight excluding hydrogens is 156 g/mol. The molecule has 0 N–H and O–H groups in total. The van der Waals surface area contributed by atoms with Crippen molar-refractivity contribution in [3.63, 3.8) is 0 Å². The summed E-state index contributed by atoms with van der Waals surface area (Å²) in [6.07, 6.45) is 5.86. The molecule has 2 rings (SSSR count). The van der Waals surface area contributed by atoms with Gasteiger partial charge in [0.1, 0.15) is 0 Å². The van der Waals surface area contributed by atoms with Crippen LogP contribution in [0.3, 0.4) is 0 Å². The fraction of sp³-hybridized carbons (Fsp3) is 0.385. The van der Waals surface area contributed by atoms with Crippen LogP contribution < -0.4 is 0 Å². The molecule has 0 unspecified atom stereocenters. The van der Waals surface area contributed by atoms with Gasteiger partial charge in [0.25, 0.3) is 0 Å². The van der Waals surface area contributed by atoms with Gasteiger partial charge in [-0.2, -0.15) is 0 Å². The van der Waals surface area contributed by atoms with E-state index in [1.807, 2.05) is 6.08 Å². The maximum absolute atomic E-state index is 3.81. The molecule has 0 atom stereocenters. The Bertz CT molecular complexity index is 319. The quantitative estimate of drug-likeness (QED) is 0.651. The first-order chi connectivity index (χ1) is 6.35. The molecule has 0 saturated heterocycles. The molecule has 1 aliphatic carbocycles. The highest BCUT2D eigenvalue weighted by molar-refractivity contribution is 5.51. The SMILES string of the molecule is C=Cc1ccc(CC)c(C2CC2)c1. The number of benzene rings is 1. The van der Waals surface area contributed by atoms with Crippen molar-refractivity contribution < 1.29 is 0 Å². The van der Waals surface area contributed by atoms with Crippen molar-refractivity contribution in [1.29, 1.82) is 0 Å². The van der Waals surface area contributed by atoms with Gasteiger partial charge in [0.15, 0.2) is 0 Å². The molecule has 1 saturated carbocycles. The Kier molecular flexibility index (Phi) is 2.22. The van der Waals surface area contributed by atoms with E-state index in [-0.39, 0.29) is 0 Å². The summed E-state index contributed by atoms with van der Waals surface area (Å²) in [4.78, 5) is 0. The topological polar surface area (TPSA) is 0 Å². The third-order valence-electron chi connectivity index (χ3n) is 2.80. The van der Waals surface area contributed by atoms with E-state index in [1.54, 1.807) is 5.56 Å². The molecule has 1 fully saturated rings. The smallest absolute Gasteiger partial charge is 0.0159 e. The maximum Gasteiger partial charge on any atom is -0.0159 e. The molecule has 0 heteroatoms. The van der Waals surface area contributed by atoms with E-state index >= 15 is 0 Å². The van der Waals surface area contributed by atoms with Gasteiger partial charge in [-0.05, 0) is 41.9 Å². The molecule has 1 aliphatic rings. The number of hydrogen-bond donors (Lipinski definition) is 0. The molecule has 0 bridgehead atoms. The standard InChI is InChI=1S/C13H16/c1-3-10-5-6-11(4-2)13(9-10)12-7-8-12/h3,5-6,9,12H,1,4,7-8H2,2H3. The fourth-order valence-corrected chi connectivity index (χ4v) is 1.84. The Morgan fingerprint density at radius 2 is 2.23 bits per heavy atom. The Labute approximate surface area is 80.3 Å². The zero-order valence-corrected chi connectivity index (χ0v) is 8.22. The average Bonchev–Trinajstić information content (AvgIpc) is 3.00. The molecule has 1 aromatic rings. The van der Waals surface area contributed by atoms with Gasteiger partial charge in [-0.15, -0.1) is 0 Å². The molecule has 0 heterocycles. The monoisotopic (exact) mass is 172 g/mol. The molecule has 1 aromatic carbocycles. The maximum atomic E-state index is 3.81. The highest BCUT2D eigenvalue weighted by Crippen LogP contribution is 2.42. The normalized spacial score (nSPS) is 15.8. The van der Waals surface area contributed by atoms with E-state index in [0.717, 1.165) is 12.3 Å². The number of aryl methyl sites for hydroxylation is 1. The van der Waals surface area contributed by atoms with Crippen LogP contribution in [0.25, 0.3) is 6.08 Å². The predicted molar refractivity (Wildman–Crippen MR) is 57.9 cm³/mol. The van der Waals surface area contributed by atoms with E-state index in [2.05, 4.69) is 31.7 Å². The summed E-state index contributed by atoms with van der Waals surface area (Å²) in [7, 11) is 0. The third-order valence-corrected chi connectivity index (χ3v) is 2.80. The average molecular weight is 172 g/mol. The Morgan fingerprint density at radius 1 is 1.46 bits per heavy atom. The van der Waals surface area contributed by atoms with E-state index in [1.165, 1.54) is 24.0 Å². The third kappa shape index (κ3) is 1.67. The van der Waals surface area contributed by atoms with Gasteiger partial charge in [-0.1, -0.05) is 37.8 Å². The Balaban J connectivity index is 2.40. The molecular formula is C13H16. The van der Waals surface area contributed by atoms with Gasteiger partial charge in [0.2, 0.25) is 0 Å². The van der Waals surface area contributed by atoms with Crippen LogP contribution in [0.2, 0.25) is 0 Å². The first-order valence-corrected chi connectivity index (χ1v) is 5.10. The highest BCUT2D eigenvalue weighted by atomic mass is 14.3.